The maximum absolute atomic E-state index is 12.2. The molecule has 106 valence electrons. The number of aliphatic hydroxyl groups excluding tert-OH is 1. The Morgan fingerprint density at radius 2 is 2.32 bits per heavy atom. The standard InChI is InChI=1S/C14H22N2O2S/c1-15(9-12-5-8-19-11-12)14(18)10-16(6-7-17)13-3-2-4-13/h5,8,11,13,17H,2-4,6-7,9-10H2,1H3. The quantitative estimate of drug-likeness (QED) is 0.825. The fourth-order valence-electron chi connectivity index (χ4n) is 2.31. The molecule has 1 aliphatic carbocycles. The molecule has 1 heterocycles. The lowest BCUT2D eigenvalue weighted by atomic mass is 9.91. The molecule has 1 N–H and O–H groups in total. The van der Waals surface area contributed by atoms with Crippen molar-refractivity contribution in [3.8, 4) is 0 Å². The van der Waals surface area contributed by atoms with E-state index in [1.54, 1.807) is 16.2 Å². The zero-order chi connectivity index (χ0) is 13.7. The van der Waals surface area contributed by atoms with Gasteiger partial charge in [0.25, 0.3) is 0 Å². The Balaban J connectivity index is 1.83. The topological polar surface area (TPSA) is 43.8 Å². The van der Waals surface area contributed by atoms with Crippen LogP contribution in [0.4, 0.5) is 0 Å². The zero-order valence-corrected chi connectivity index (χ0v) is 12.2. The van der Waals surface area contributed by atoms with Gasteiger partial charge in [-0.3, -0.25) is 9.69 Å². The smallest absolute Gasteiger partial charge is 0.236 e. The van der Waals surface area contributed by atoms with Crippen molar-refractivity contribution in [2.75, 3.05) is 26.7 Å². The maximum atomic E-state index is 12.2. The highest BCUT2D eigenvalue weighted by molar-refractivity contribution is 7.07. The highest BCUT2D eigenvalue weighted by Crippen LogP contribution is 2.24. The molecule has 5 heteroatoms. The lowest BCUT2D eigenvalue weighted by Crippen LogP contribution is -2.47. The summed E-state index contributed by atoms with van der Waals surface area (Å²) in [4.78, 5) is 16.1. The van der Waals surface area contributed by atoms with Crippen molar-refractivity contribution in [3.63, 3.8) is 0 Å². The van der Waals surface area contributed by atoms with Crippen molar-refractivity contribution >= 4 is 17.2 Å². The molecule has 0 atom stereocenters. The highest BCUT2D eigenvalue weighted by Gasteiger charge is 2.26. The first kappa shape index (κ1) is 14.5. The second kappa shape index (κ2) is 7.03. The van der Waals surface area contributed by atoms with E-state index in [4.69, 9.17) is 5.11 Å². The number of carbonyl (C=O) groups excluding carboxylic acids is 1. The summed E-state index contributed by atoms with van der Waals surface area (Å²) in [5.41, 5.74) is 1.18. The van der Waals surface area contributed by atoms with E-state index in [9.17, 15) is 4.79 Å². The molecule has 1 aliphatic rings. The minimum atomic E-state index is 0.123. The van der Waals surface area contributed by atoms with Crippen molar-refractivity contribution < 1.29 is 9.90 Å². The Kier molecular flexibility index (Phi) is 5.36. The lowest BCUT2D eigenvalue weighted by molar-refractivity contribution is -0.132. The van der Waals surface area contributed by atoms with Crippen LogP contribution in [0.2, 0.25) is 0 Å². The SMILES string of the molecule is CN(Cc1ccsc1)C(=O)CN(CCO)C1CCC1. The van der Waals surface area contributed by atoms with Gasteiger partial charge in [-0.1, -0.05) is 6.42 Å². The van der Waals surface area contributed by atoms with E-state index in [-0.39, 0.29) is 12.5 Å². The zero-order valence-electron chi connectivity index (χ0n) is 11.4. The normalized spacial score (nSPS) is 15.5. The summed E-state index contributed by atoms with van der Waals surface area (Å²) in [6.45, 7) is 1.81. The molecule has 1 aromatic rings. The van der Waals surface area contributed by atoms with Gasteiger partial charge in [0.15, 0.2) is 0 Å². The summed E-state index contributed by atoms with van der Waals surface area (Å²) in [7, 11) is 1.85. The van der Waals surface area contributed by atoms with Crippen molar-refractivity contribution in [3.05, 3.63) is 22.4 Å². The summed E-state index contributed by atoms with van der Waals surface area (Å²) in [6.07, 6.45) is 3.55. The van der Waals surface area contributed by atoms with E-state index in [2.05, 4.69) is 10.3 Å². The highest BCUT2D eigenvalue weighted by atomic mass is 32.1. The summed E-state index contributed by atoms with van der Waals surface area (Å²) >= 11 is 1.65. The van der Waals surface area contributed by atoms with Gasteiger partial charge in [0.1, 0.15) is 0 Å². The molecule has 0 bridgehead atoms. The fraction of sp³-hybridized carbons (Fsp3) is 0.643. The van der Waals surface area contributed by atoms with Crippen LogP contribution in [0.3, 0.4) is 0 Å². The summed E-state index contributed by atoms with van der Waals surface area (Å²) in [5.74, 6) is 0.131. The summed E-state index contributed by atoms with van der Waals surface area (Å²) in [5, 5.41) is 13.2. The van der Waals surface area contributed by atoms with Gasteiger partial charge in [-0.25, -0.2) is 0 Å². The monoisotopic (exact) mass is 282 g/mol. The van der Waals surface area contributed by atoms with Gasteiger partial charge in [-0.15, -0.1) is 0 Å². The molecule has 2 rings (SSSR count). The Bertz CT molecular complexity index is 390. The van der Waals surface area contributed by atoms with Crippen LogP contribution in [0.25, 0.3) is 0 Å². The number of aliphatic hydroxyl groups is 1. The van der Waals surface area contributed by atoms with Crippen molar-refractivity contribution in [2.45, 2.75) is 31.8 Å². The molecule has 1 saturated carbocycles. The van der Waals surface area contributed by atoms with Gasteiger partial charge < -0.3 is 10.0 Å². The number of thiophene rings is 1. The fourth-order valence-corrected chi connectivity index (χ4v) is 2.97. The molecule has 0 unspecified atom stereocenters. The van der Waals surface area contributed by atoms with E-state index >= 15 is 0 Å². The Morgan fingerprint density at radius 1 is 1.53 bits per heavy atom. The number of nitrogens with zero attached hydrogens (tertiary/aromatic N) is 2. The van der Waals surface area contributed by atoms with Crippen molar-refractivity contribution in [1.82, 2.24) is 9.80 Å². The van der Waals surface area contributed by atoms with E-state index in [1.165, 1.54) is 12.0 Å². The average molecular weight is 282 g/mol. The Labute approximate surface area is 118 Å². The minimum absolute atomic E-state index is 0.123. The maximum Gasteiger partial charge on any atom is 0.236 e. The molecule has 1 fully saturated rings. The van der Waals surface area contributed by atoms with Crippen LogP contribution in [-0.4, -0.2) is 53.6 Å². The minimum Gasteiger partial charge on any atom is -0.395 e. The van der Waals surface area contributed by atoms with Crippen molar-refractivity contribution in [2.24, 2.45) is 0 Å². The molecule has 0 aromatic carbocycles. The van der Waals surface area contributed by atoms with Crippen LogP contribution in [0.15, 0.2) is 16.8 Å². The molecular weight excluding hydrogens is 260 g/mol. The van der Waals surface area contributed by atoms with Crippen LogP contribution in [0, 0.1) is 0 Å². The molecule has 1 aromatic heterocycles. The third kappa shape index (κ3) is 4.03. The van der Waals surface area contributed by atoms with Crippen LogP contribution in [0.5, 0.6) is 0 Å². The van der Waals surface area contributed by atoms with Gasteiger partial charge in [0, 0.05) is 26.2 Å². The molecule has 4 nitrogen and oxygen atoms in total. The van der Waals surface area contributed by atoms with Crippen LogP contribution in [-0.2, 0) is 11.3 Å². The number of likely N-dealkylation sites (N-methyl/N-ethyl adjacent to an activating group) is 1. The largest absolute Gasteiger partial charge is 0.395 e. The first-order valence-electron chi connectivity index (χ1n) is 6.80. The molecule has 1 amide bonds. The summed E-state index contributed by atoms with van der Waals surface area (Å²) < 4.78 is 0. The number of hydrogen-bond donors (Lipinski definition) is 1. The molecule has 19 heavy (non-hydrogen) atoms. The van der Waals surface area contributed by atoms with Gasteiger partial charge >= 0.3 is 0 Å². The van der Waals surface area contributed by atoms with Crippen LogP contribution < -0.4 is 0 Å². The van der Waals surface area contributed by atoms with Crippen LogP contribution in [0.1, 0.15) is 24.8 Å². The average Bonchev–Trinajstić information content (AvgIpc) is 2.79. The lowest BCUT2D eigenvalue weighted by Gasteiger charge is -2.37. The number of rotatable bonds is 7. The number of hydrogen-bond acceptors (Lipinski definition) is 4. The third-order valence-electron chi connectivity index (χ3n) is 3.74. The second-order valence-electron chi connectivity index (χ2n) is 5.16. The first-order valence-corrected chi connectivity index (χ1v) is 7.75. The molecular formula is C14H22N2O2S. The van der Waals surface area contributed by atoms with E-state index in [1.807, 2.05) is 18.5 Å². The predicted octanol–water partition coefficient (Wildman–Crippen LogP) is 1.55. The van der Waals surface area contributed by atoms with E-state index < -0.39 is 0 Å². The first-order chi connectivity index (χ1) is 9.20. The molecule has 0 radical (unpaired) electrons. The summed E-state index contributed by atoms with van der Waals surface area (Å²) in [6, 6.07) is 2.54. The molecule has 0 spiro atoms. The Hall–Kier alpha value is -0.910. The van der Waals surface area contributed by atoms with Crippen molar-refractivity contribution in [1.29, 1.82) is 0 Å². The number of amides is 1. The van der Waals surface area contributed by atoms with Gasteiger partial charge in [0.05, 0.1) is 13.2 Å². The third-order valence-corrected chi connectivity index (χ3v) is 4.47. The number of carbonyl (C=O) groups is 1. The molecule has 0 aliphatic heterocycles. The van der Waals surface area contributed by atoms with Crippen LogP contribution >= 0.6 is 11.3 Å². The predicted molar refractivity (Wildman–Crippen MR) is 77.1 cm³/mol. The van der Waals surface area contributed by atoms with Gasteiger partial charge in [-0.2, -0.15) is 11.3 Å². The van der Waals surface area contributed by atoms with E-state index in [0.717, 1.165) is 12.8 Å². The van der Waals surface area contributed by atoms with E-state index in [0.29, 0.717) is 25.7 Å². The van der Waals surface area contributed by atoms with Gasteiger partial charge in [-0.05, 0) is 35.2 Å². The molecule has 0 saturated heterocycles. The Morgan fingerprint density at radius 3 is 2.84 bits per heavy atom. The van der Waals surface area contributed by atoms with Gasteiger partial charge in [0.2, 0.25) is 5.91 Å². The second-order valence-corrected chi connectivity index (χ2v) is 5.94.